The van der Waals surface area contributed by atoms with Crippen LogP contribution in [0.25, 0.3) is 6.08 Å². The van der Waals surface area contributed by atoms with Crippen molar-refractivity contribution in [3.63, 3.8) is 0 Å². The molecule has 0 aliphatic carbocycles. The predicted molar refractivity (Wildman–Crippen MR) is 124 cm³/mol. The molecule has 32 heavy (non-hydrogen) atoms. The van der Waals surface area contributed by atoms with Crippen LogP contribution in [0.1, 0.15) is 16.7 Å². The fraction of sp³-hybridized carbons (Fsp3) is 0.120. The average Bonchev–Trinajstić information content (AvgIpc) is 3.08. The average molecular weight is 449 g/mol. The number of carbonyl (C=O) groups is 2. The number of hydrogen-bond donors (Lipinski definition) is 1. The van der Waals surface area contributed by atoms with Crippen molar-refractivity contribution >= 4 is 35.2 Å². The highest BCUT2D eigenvalue weighted by atomic mass is 35.5. The molecule has 0 saturated carbocycles. The van der Waals surface area contributed by atoms with Crippen molar-refractivity contribution in [2.45, 2.75) is 13.5 Å². The van der Waals surface area contributed by atoms with Gasteiger partial charge >= 0.3 is 0 Å². The first-order valence-corrected chi connectivity index (χ1v) is 10.3. The molecule has 2 amide bonds. The monoisotopic (exact) mass is 448 g/mol. The summed E-state index contributed by atoms with van der Waals surface area (Å²) in [7, 11) is 1.51. The summed E-state index contributed by atoms with van der Waals surface area (Å²) in [6.45, 7) is 2.34. The van der Waals surface area contributed by atoms with Crippen molar-refractivity contribution in [3.8, 4) is 11.5 Å². The van der Waals surface area contributed by atoms with E-state index in [1.54, 1.807) is 36.4 Å². The highest BCUT2D eigenvalue weighted by Gasteiger charge is 2.34. The first-order valence-electron chi connectivity index (χ1n) is 9.95. The Labute approximate surface area is 191 Å². The van der Waals surface area contributed by atoms with E-state index in [1.165, 1.54) is 18.2 Å². The predicted octanol–water partition coefficient (Wildman–Crippen LogP) is 4.70. The maximum absolute atomic E-state index is 12.8. The van der Waals surface area contributed by atoms with Crippen LogP contribution < -0.4 is 19.9 Å². The Hall–Kier alpha value is -3.77. The first kappa shape index (κ1) is 21.5. The number of aryl methyl sites for hydroxylation is 1. The van der Waals surface area contributed by atoms with Crippen molar-refractivity contribution in [1.82, 2.24) is 5.43 Å². The van der Waals surface area contributed by atoms with Gasteiger partial charge in [-0.05, 0) is 54.0 Å². The zero-order chi connectivity index (χ0) is 22.7. The lowest BCUT2D eigenvalue weighted by Gasteiger charge is -2.14. The number of amides is 2. The molecule has 6 nitrogen and oxygen atoms in total. The number of halogens is 1. The molecular formula is C25H21ClN2O4. The van der Waals surface area contributed by atoms with Gasteiger partial charge in [0.25, 0.3) is 11.8 Å². The number of para-hydroxylation sites is 1. The maximum Gasteiger partial charge on any atom is 0.282 e. The third kappa shape index (κ3) is 4.31. The number of hydrazine groups is 1. The van der Waals surface area contributed by atoms with E-state index in [0.717, 1.165) is 11.1 Å². The molecule has 0 unspecified atom stereocenters. The number of carbonyl (C=O) groups excluding carboxylic acids is 2. The molecule has 0 radical (unpaired) electrons. The number of anilines is 1. The van der Waals surface area contributed by atoms with Gasteiger partial charge < -0.3 is 9.47 Å². The Morgan fingerprint density at radius 3 is 2.47 bits per heavy atom. The number of methoxy groups -OCH3 is 1. The molecule has 0 aromatic heterocycles. The Morgan fingerprint density at radius 1 is 1.03 bits per heavy atom. The summed E-state index contributed by atoms with van der Waals surface area (Å²) in [4.78, 5) is 25.2. The van der Waals surface area contributed by atoms with E-state index in [2.05, 4.69) is 5.43 Å². The Balaban J connectivity index is 1.60. The van der Waals surface area contributed by atoms with Crippen LogP contribution in [0.15, 0.2) is 72.3 Å². The molecule has 1 fully saturated rings. The first-order chi connectivity index (χ1) is 15.5. The molecule has 1 heterocycles. The van der Waals surface area contributed by atoms with Gasteiger partial charge in [-0.15, -0.1) is 0 Å². The molecule has 0 spiro atoms. The number of nitrogens with one attached hydrogen (secondary N) is 1. The van der Waals surface area contributed by atoms with Gasteiger partial charge in [-0.2, -0.15) is 0 Å². The number of nitrogens with zero attached hydrogens (tertiary/aromatic N) is 1. The zero-order valence-electron chi connectivity index (χ0n) is 17.6. The van der Waals surface area contributed by atoms with E-state index in [4.69, 9.17) is 21.1 Å². The molecule has 0 bridgehead atoms. The Kier molecular flexibility index (Phi) is 6.14. The van der Waals surface area contributed by atoms with Gasteiger partial charge in [0.15, 0.2) is 11.5 Å². The van der Waals surface area contributed by atoms with E-state index < -0.39 is 11.8 Å². The Morgan fingerprint density at radius 2 is 1.75 bits per heavy atom. The standard InChI is InChI=1S/C25H21ClN2O4/c1-16-8-6-7-9-18(16)15-32-23-21(26)13-17(14-22(23)31-2)12-20-24(29)27-28(25(20)30)19-10-4-3-5-11-19/h3-14H,15H2,1-2H3,(H,27,29)/b20-12+. The molecule has 3 aromatic rings. The van der Waals surface area contributed by atoms with Gasteiger partial charge in [-0.3, -0.25) is 15.0 Å². The molecule has 7 heteroatoms. The third-order valence-electron chi connectivity index (χ3n) is 5.10. The van der Waals surface area contributed by atoms with Gasteiger partial charge in [0.1, 0.15) is 12.2 Å². The summed E-state index contributed by atoms with van der Waals surface area (Å²) >= 11 is 6.47. The van der Waals surface area contributed by atoms with E-state index >= 15 is 0 Å². The van der Waals surface area contributed by atoms with Gasteiger partial charge in [-0.25, -0.2) is 5.01 Å². The summed E-state index contributed by atoms with van der Waals surface area (Å²) in [5.74, 6) is -0.138. The smallest absolute Gasteiger partial charge is 0.282 e. The number of rotatable bonds is 6. The van der Waals surface area contributed by atoms with Crippen molar-refractivity contribution in [1.29, 1.82) is 0 Å². The van der Waals surface area contributed by atoms with Crippen LogP contribution in [0.3, 0.4) is 0 Å². The zero-order valence-corrected chi connectivity index (χ0v) is 18.3. The number of hydrogen-bond acceptors (Lipinski definition) is 4. The molecule has 162 valence electrons. The van der Waals surface area contributed by atoms with E-state index in [9.17, 15) is 9.59 Å². The van der Waals surface area contributed by atoms with Crippen molar-refractivity contribution in [2.75, 3.05) is 12.1 Å². The van der Waals surface area contributed by atoms with Crippen LogP contribution in [-0.4, -0.2) is 18.9 Å². The van der Waals surface area contributed by atoms with Gasteiger partial charge in [0, 0.05) is 0 Å². The van der Waals surface area contributed by atoms with Crippen molar-refractivity contribution in [3.05, 3.63) is 94.0 Å². The maximum atomic E-state index is 12.8. The van der Waals surface area contributed by atoms with Crippen molar-refractivity contribution in [2.24, 2.45) is 0 Å². The van der Waals surface area contributed by atoms with Gasteiger partial charge in [0.2, 0.25) is 0 Å². The van der Waals surface area contributed by atoms with Crippen LogP contribution in [0.4, 0.5) is 5.69 Å². The summed E-state index contributed by atoms with van der Waals surface area (Å²) in [6, 6.07) is 20.1. The molecule has 3 aromatic carbocycles. The second kappa shape index (κ2) is 9.16. The van der Waals surface area contributed by atoms with Crippen LogP contribution in [-0.2, 0) is 16.2 Å². The number of ether oxygens (including phenoxy) is 2. The lowest BCUT2D eigenvalue weighted by molar-refractivity contribution is -0.117. The summed E-state index contributed by atoms with van der Waals surface area (Å²) in [5, 5.41) is 1.53. The summed E-state index contributed by atoms with van der Waals surface area (Å²) in [6.07, 6.45) is 1.49. The second-order valence-electron chi connectivity index (χ2n) is 7.22. The lowest BCUT2D eigenvalue weighted by Crippen LogP contribution is -2.35. The highest BCUT2D eigenvalue weighted by molar-refractivity contribution is 6.33. The minimum Gasteiger partial charge on any atom is -0.493 e. The topological polar surface area (TPSA) is 67.9 Å². The molecule has 1 aliphatic heterocycles. The second-order valence-corrected chi connectivity index (χ2v) is 7.63. The fourth-order valence-corrected chi connectivity index (χ4v) is 3.64. The molecule has 4 rings (SSSR count). The van der Waals surface area contributed by atoms with Gasteiger partial charge in [-0.1, -0.05) is 54.1 Å². The van der Waals surface area contributed by atoms with E-state index in [1.807, 2.05) is 37.3 Å². The number of benzene rings is 3. The van der Waals surface area contributed by atoms with Crippen LogP contribution in [0.5, 0.6) is 11.5 Å². The third-order valence-corrected chi connectivity index (χ3v) is 5.38. The minimum atomic E-state index is -0.492. The lowest BCUT2D eigenvalue weighted by atomic mass is 10.1. The molecule has 0 atom stereocenters. The quantitative estimate of drug-likeness (QED) is 0.438. The molecular weight excluding hydrogens is 428 g/mol. The largest absolute Gasteiger partial charge is 0.493 e. The molecule has 1 aliphatic rings. The molecule has 1 saturated heterocycles. The summed E-state index contributed by atoms with van der Waals surface area (Å²) < 4.78 is 11.4. The van der Waals surface area contributed by atoms with Crippen molar-refractivity contribution < 1.29 is 19.1 Å². The van der Waals surface area contributed by atoms with Gasteiger partial charge in [0.05, 0.1) is 17.8 Å². The van der Waals surface area contributed by atoms with Crippen LogP contribution in [0, 0.1) is 6.92 Å². The molecule has 1 N–H and O–H groups in total. The Bertz CT molecular complexity index is 1210. The minimum absolute atomic E-state index is 0.000511. The van der Waals surface area contributed by atoms with E-state index in [-0.39, 0.29) is 5.57 Å². The van der Waals surface area contributed by atoms with Crippen LogP contribution in [0.2, 0.25) is 5.02 Å². The SMILES string of the molecule is COc1cc(/C=C2\C(=O)NN(c3ccccc3)C2=O)cc(Cl)c1OCc1ccccc1C. The highest BCUT2D eigenvalue weighted by Crippen LogP contribution is 2.38. The normalized spacial score (nSPS) is 14.6. The fourth-order valence-electron chi connectivity index (χ4n) is 3.37. The van der Waals surface area contributed by atoms with Crippen LogP contribution >= 0.6 is 11.6 Å². The van der Waals surface area contributed by atoms with E-state index in [0.29, 0.717) is 34.4 Å². The summed E-state index contributed by atoms with van der Waals surface area (Å²) in [5.41, 5.74) is 5.84.